The van der Waals surface area contributed by atoms with Crippen LogP contribution in [0.25, 0.3) is 0 Å². The van der Waals surface area contributed by atoms with Crippen LogP contribution < -0.4 is 0 Å². The quantitative estimate of drug-likeness (QED) is 0.620. The van der Waals surface area contributed by atoms with Crippen molar-refractivity contribution < 1.29 is 17.9 Å². The van der Waals surface area contributed by atoms with E-state index in [4.69, 9.17) is 0 Å². The van der Waals surface area contributed by atoms with Crippen LogP contribution in [0, 0.1) is 0 Å². The lowest BCUT2D eigenvalue weighted by Gasteiger charge is -2.29. The predicted octanol–water partition coefficient (Wildman–Crippen LogP) is 1.86. The molecule has 0 aliphatic rings. The summed E-state index contributed by atoms with van der Waals surface area (Å²) in [5.74, 6) is 0. The molecule has 0 aliphatic carbocycles. The van der Waals surface area contributed by atoms with Gasteiger partial charge in [0.25, 0.3) is 0 Å². The highest BCUT2D eigenvalue weighted by Gasteiger charge is 2.43. The molecule has 0 aliphatic heterocycles. The van der Waals surface area contributed by atoms with E-state index in [0.717, 1.165) is 7.11 Å². The second kappa shape index (κ2) is 4.67. The van der Waals surface area contributed by atoms with Gasteiger partial charge in [0.2, 0.25) is 6.23 Å². The fourth-order valence-corrected chi connectivity index (χ4v) is 1.04. The molecule has 0 aromatic heterocycles. The number of methoxy groups -OCH3 is 1. The molecule has 0 amide bonds. The third-order valence-corrected chi connectivity index (χ3v) is 1.65. The molecule has 0 aromatic rings. The Hall–Kier alpha value is -0.290. The van der Waals surface area contributed by atoms with Gasteiger partial charge in [-0.25, -0.2) is 0 Å². The minimum absolute atomic E-state index is 0.328. The van der Waals surface area contributed by atoms with Crippen LogP contribution in [0.1, 0.15) is 13.8 Å². The summed E-state index contributed by atoms with van der Waals surface area (Å²) in [5.41, 5.74) is 0. The zero-order valence-corrected chi connectivity index (χ0v) is 7.48. The van der Waals surface area contributed by atoms with Crippen molar-refractivity contribution in [2.75, 3.05) is 20.2 Å². The van der Waals surface area contributed by atoms with Crippen molar-refractivity contribution in [2.45, 2.75) is 26.3 Å². The predicted molar refractivity (Wildman–Crippen MR) is 39.8 cm³/mol. The molecule has 0 saturated heterocycles. The van der Waals surface area contributed by atoms with Gasteiger partial charge in [-0.15, -0.1) is 0 Å². The van der Waals surface area contributed by atoms with Gasteiger partial charge in [-0.3, -0.25) is 4.90 Å². The van der Waals surface area contributed by atoms with Crippen molar-refractivity contribution in [3.8, 4) is 0 Å². The van der Waals surface area contributed by atoms with E-state index in [1.165, 1.54) is 4.90 Å². The van der Waals surface area contributed by atoms with Crippen LogP contribution in [-0.4, -0.2) is 37.5 Å². The van der Waals surface area contributed by atoms with Crippen molar-refractivity contribution >= 4 is 0 Å². The molecule has 1 unspecified atom stereocenters. The summed E-state index contributed by atoms with van der Waals surface area (Å²) in [5, 5.41) is 0. The molecule has 5 heteroatoms. The van der Waals surface area contributed by atoms with Gasteiger partial charge in [-0.1, -0.05) is 13.8 Å². The monoisotopic (exact) mass is 185 g/mol. The first-order valence-corrected chi connectivity index (χ1v) is 3.80. The molecule has 2 nitrogen and oxygen atoms in total. The summed E-state index contributed by atoms with van der Waals surface area (Å²) in [6.45, 7) is 3.99. The molecular formula is C7H14F3NO. The number of ether oxygens (including phenoxy) is 1. The third kappa shape index (κ3) is 2.98. The fraction of sp³-hybridized carbons (Fsp3) is 1.00. The summed E-state index contributed by atoms with van der Waals surface area (Å²) in [6, 6.07) is 0. The Morgan fingerprint density at radius 3 is 1.75 bits per heavy atom. The molecule has 12 heavy (non-hydrogen) atoms. The summed E-state index contributed by atoms with van der Waals surface area (Å²) < 4.78 is 40.9. The first-order chi connectivity index (χ1) is 5.47. The highest BCUT2D eigenvalue weighted by molar-refractivity contribution is 4.67. The Balaban J connectivity index is 4.31. The van der Waals surface area contributed by atoms with Crippen molar-refractivity contribution in [1.29, 1.82) is 0 Å². The lowest BCUT2D eigenvalue weighted by Crippen LogP contribution is -2.46. The maximum absolute atomic E-state index is 12.2. The Morgan fingerprint density at radius 1 is 1.25 bits per heavy atom. The lowest BCUT2D eigenvalue weighted by atomic mass is 10.4. The maximum Gasteiger partial charge on any atom is 0.428 e. The lowest BCUT2D eigenvalue weighted by molar-refractivity contribution is -0.258. The van der Waals surface area contributed by atoms with E-state index in [2.05, 4.69) is 4.74 Å². The van der Waals surface area contributed by atoms with Gasteiger partial charge < -0.3 is 4.74 Å². The van der Waals surface area contributed by atoms with Gasteiger partial charge in [0, 0.05) is 7.11 Å². The van der Waals surface area contributed by atoms with Crippen molar-refractivity contribution in [2.24, 2.45) is 0 Å². The smallest absolute Gasteiger partial charge is 0.357 e. The molecule has 74 valence electrons. The van der Waals surface area contributed by atoms with Crippen molar-refractivity contribution in [1.82, 2.24) is 4.90 Å². The normalized spacial score (nSPS) is 15.2. The second-order valence-corrected chi connectivity index (χ2v) is 2.35. The maximum atomic E-state index is 12.2. The van der Waals surface area contributed by atoms with Crippen molar-refractivity contribution in [3.05, 3.63) is 0 Å². The number of halogens is 3. The highest BCUT2D eigenvalue weighted by atomic mass is 19.4. The molecule has 0 heterocycles. The van der Waals surface area contributed by atoms with Crippen LogP contribution in [0.4, 0.5) is 13.2 Å². The van der Waals surface area contributed by atoms with Crippen LogP contribution in [-0.2, 0) is 4.74 Å². The first-order valence-electron chi connectivity index (χ1n) is 3.80. The molecule has 0 aromatic carbocycles. The van der Waals surface area contributed by atoms with E-state index in [1.54, 1.807) is 13.8 Å². The van der Waals surface area contributed by atoms with E-state index in [-0.39, 0.29) is 0 Å². The fourth-order valence-electron chi connectivity index (χ4n) is 1.04. The van der Waals surface area contributed by atoms with Crippen LogP contribution in [0.3, 0.4) is 0 Å². The Morgan fingerprint density at radius 2 is 1.67 bits per heavy atom. The molecule has 0 spiro atoms. The molecule has 0 saturated carbocycles. The minimum atomic E-state index is -4.30. The van der Waals surface area contributed by atoms with Gasteiger partial charge in [-0.2, -0.15) is 13.2 Å². The third-order valence-electron chi connectivity index (χ3n) is 1.65. The summed E-state index contributed by atoms with van der Waals surface area (Å²) in [7, 11) is 1.07. The minimum Gasteiger partial charge on any atom is -0.357 e. The summed E-state index contributed by atoms with van der Waals surface area (Å²) in [6.07, 6.45) is -6.08. The second-order valence-electron chi connectivity index (χ2n) is 2.35. The van der Waals surface area contributed by atoms with Gasteiger partial charge in [0.05, 0.1) is 0 Å². The summed E-state index contributed by atoms with van der Waals surface area (Å²) in [4.78, 5) is 1.21. The molecular weight excluding hydrogens is 171 g/mol. The molecule has 0 bridgehead atoms. The van der Waals surface area contributed by atoms with E-state index >= 15 is 0 Å². The van der Waals surface area contributed by atoms with E-state index in [0.29, 0.717) is 13.1 Å². The largest absolute Gasteiger partial charge is 0.428 e. The number of hydrogen-bond donors (Lipinski definition) is 0. The molecule has 0 fully saturated rings. The van der Waals surface area contributed by atoms with E-state index in [1.807, 2.05) is 0 Å². The van der Waals surface area contributed by atoms with Crippen LogP contribution >= 0.6 is 0 Å². The summed E-state index contributed by atoms with van der Waals surface area (Å²) >= 11 is 0. The number of nitrogens with zero attached hydrogens (tertiary/aromatic N) is 1. The first kappa shape index (κ1) is 11.7. The average molecular weight is 185 g/mol. The Kier molecular flexibility index (Phi) is 4.55. The number of hydrogen-bond acceptors (Lipinski definition) is 2. The van der Waals surface area contributed by atoms with Gasteiger partial charge in [-0.05, 0) is 13.1 Å². The highest BCUT2D eigenvalue weighted by Crippen LogP contribution is 2.24. The van der Waals surface area contributed by atoms with Gasteiger partial charge in [0.15, 0.2) is 0 Å². The average Bonchev–Trinajstić information content (AvgIpc) is 1.97. The Bertz CT molecular complexity index is 122. The molecule has 0 N–H and O–H groups in total. The van der Waals surface area contributed by atoms with Gasteiger partial charge in [0.1, 0.15) is 0 Å². The van der Waals surface area contributed by atoms with Crippen LogP contribution in [0.5, 0.6) is 0 Å². The van der Waals surface area contributed by atoms with E-state index < -0.39 is 12.4 Å². The van der Waals surface area contributed by atoms with E-state index in [9.17, 15) is 13.2 Å². The number of rotatable bonds is 4. The molecule has 0 rings (SSSR count). The van der Waals surface area contributed by atoms with Crippen LogP contribution in [0.2, 0.25) is 0 Å². The molecule has 1 atom stereocenters. The Labute approximate surface area is 70.3 Å². The van der Waals surface area contributed by atoms with Gasteiger partial charge >= 0.3 is 6.18 Å². The van der Waals surface area contributed by atoms with Crippen molar-refractivity contribution in [3.63, 3.8) is 0 Å². The zero-order chi connectivity index (χ0) is 9.78. The van der Waals surface area contributed by atoms with Crippen LogP contribution in [0.15, 0.2) is 0 Å². The molecule has 0 radical (unpaired) electrons. The SMILES string of the molecule is CCN(CC)C(OC)C(F)(F)F. The zero-order valence-electron chi connectivity index (χ0n) is 7.48. The number of alkyl halides is 3. The topological polar surface area (TPSA) is 12.5 Å². The standard InChI is InChI=1S/C7H14F3NO/c1-4-11(5-2)6(12-3)7(8,9)10/h6H,4-5H2,1-3H3.